The topological polar surface area (TPSA) is 70.0 Å². The number of nitrogens with zero attached hydrogens (tertiary/aromatic N) is 1. The van der Waals surface area contributed by atoms with E-state index in [1.807, 2.05) is 6.07 Å². The van der Waals surface area contributed by atoms with Crippen molar-refractivity contribution in [3.63, 3.8) is 0 Å². The Morgan fingerprint density at radius 3 is 2.65 bits per heavy atom. The molecule has 2 aromatic rings. The molecule has 0 amide bonds. The van der Waals surface area contributed by atoms with Gasteiger partial charge in [-0.05, 0) is 47.1 Å². The second-order valence-corrected chi connectivity index (χ2v) is 8.60. The van der Waals surface area contributed by atoms with E-state index in [4.69, 9.17) is 16.9 Å². The van der Waals surface area contributed by atoms with Crippen molar-refractivity contribution in [2.75, 3.05) is 4.72 Å². The van der Waals surface area contributed by atoms with Crippen LogP contribution in [0.15, 0.2) is 32.9 Å². The summed E-state index contributed by atoms with van der Waals surface area (Å²) in [6.45, 7) is 1.72. The molecule has 4 nitrogen and oxygen atoms in total. The van der Waals surface area contributed by atoms with E-state index in [1.165, 1.54) is 35.6 Å². The number of benzene rings is 1. The SMILES string of the molecule is Cc1sc(Br)cc1S(=O)(=O)Nc1cc(Cl)ccc1C#N. The summed E-state index contributed by atoms with van der Waals surface area (Å²) in [7, 11) is -3.75. The van der Waals surface area contributed by atoms with E-state index in [-0.39, 0.29) is 16.1 Å². The number of nitriles is 1. The van der Waals surface area contributed by atoms with E-state index in [2.05, 4.69) is 20.7 Å². The zero-order valence-electron chi connectivity index (χ0n) is 10.1. The van der Waals surface area contributed by atoms with Crippen molar-refractivity contribution in [3.05, 3.63) is 43.5 Å². The monoisotopic (exact) mass is 390 g/mol. The van der Waals surface area contributed by atoms with Gasteiger partial charge in [-0.1, -0.05) is 11.6 Å². The lowest BCUT2D eigenvalue weighted by molar-refractivity contribution is 0.601. The fraction of sp³-hybridized carbons (Fsp3) is 0.0833. The maximum Gasteiger partial charge on any atom is 0.263 e. The van der Waals surface area contributed by atoms with E-state index in [9.17, 15) is 8.42 Å². The molecule has 1 aromatic carbocycles. The number of hydrogen-bond acceptors (Lipinski definition) is 4. The largest absolute Gasteiger partial charge is 0.278 e. The Morgan fingerprint density at radius 2 is 2.10 bits per heavy atom. The van der Waals surface area contributed by atoms with Gasteiger partial charge in [-0.15, -0.1) is 11.3 Å². The molecule has 0 aliphatic rings. The zero-order chi connectivity index (χ0) is 14.9. The third-order valence-corrected chi connectivity index (χ3v) is 5.89. The molecular formula is C12H8BrClN2O2S2. The van der Waals surface area contributed by atoms with Gasteiger partial charge in [0.15, 0.2) is 0 Å². The molecule has 2 rings (SSSR count). The highest BCUT2D eigenvalue weighted by Crippen LogP contribution is 2.31. The van der Waals surface area contributed by atoms with Crippen LogP contribution in [0, 0.1) is 18.3 Å². The molecule has 1 N–H and O–H groups in total. The van der Waals surface area contributed by atoms with Crippen molar-refractivity contribution in [2.24, 2.45) is 0 Å². The average molecular weight is 392 g/mol. The van der Waals surface area contributed by atoms with Crippen molar-refractivity contribution in [1.82, 2.24) is 0 Å². The fourth-order valence-electron chi connectivity index (χ4n) is 1.60. The second-order valence-electron chi connectivity index (χ2n) is 3.88. The number of thiophene rings is 1. The van der Waals surface area contributed by atoms with E-state index in [1.54, 1.807) is 6.92 Å². The van der Waals surface area contributed by atoms with E-state index in [0.717, 1.165) is 3.79 Å². The van der Waals surface area contributed by atoms with E-state index < -0.39 is 10.0 Å². The number of anilines is 1. The summed E-state index contributed by atoms with van der Waals surface area (Å²) in [5.41, 5.74) is 0.381. The molecule has 0 aliphatic heterocycles. The Balaban J connectivity index is 2.46. The van der Waals surface area contributed by atoms with Gasteiger partial charge < -0.3 is 0 Å². The van der Waals surface area contributed by atoms with Crippen molar-refractivity contribution < 1.29 is 8.42 Å². The Morgan fingerprint density at radius 1 is 1.40 bits per heavy atom. The molecule has 0 aliphatic carbocycles. The molecule has 1 aromatic heterocycles. The van der Waals surface area contributed by atoms with E-state index in [0.29, 0.717) is 9.90 Å². The highest BCUT2D eigenvalue weighted by molar-refractivity contribution is 9.11. The summed E-state index contributed by atoms with van der Waals surface area (Å²) in [4.78, 5) is 0.836. The van der Waals surface area contributed by atoms with Gasteiger partial charge in [0, 0.05) is 9.90 Å². The summed E-state index contributed by atoms with van der Waals surface area (Å²) in [5.74, 6) is 0. The molecule has 0 saturated carbocycles. The Bertz CT molecular complexity index is 809. The van der Waals surface area contributed by atoms with Crippen molar-refractivity contribution in [2.45, 2.75) is 11.8 Å². The van der Waals surface area contributed by atoms with Gasteiger partial charge in [0.25, 0.3) is 10.0 Å². The van der Waals surface area contributed by atoms with E-state index >= 15 is 0 Å². The normalized spacial score (nSPS) is 11.1. The van der Waals surface area contributed by atoms with Crippen LogP contribution in [0.3, 0.4) is 0 Å². The van der Waals surface area contributed by atoms with Crippen LogP contribution in [0.4, 0.5) is 5.69 Å². The molecule has 0 bridgehead atoms. The van der Waals surface area contributed by atoms with Crippen molar-refractivity contribution in [1.29, 1.82) is 5.26 Å². The molecule has 104 valence electrons. The molecule has 0 saturated heterocycles. The number of hydrogen-bond donors (Lipinski definition) is 1. The van der Waals surface area contributed by atoms with Crippen LogP contribution in [0.1, 0.15) is 10.4 Å². The Kier molecular flexibility index (Phi) is 4.39. The summed E-state index contributed by atoms with van der Waals surface area (Å²) in [6, 6.07) is 7.86. The highest BCUT2D eigenvalue weighted by Gasteiger charge is 2.21. The number of halogens is 2. The quantitative estimate of drug-likeness (QED) is 0.854. The van der Waals surface area contributed by atoms with Gasteiger partial charge in [-0.25, -0.2) is 8.42 Å². The fourth-order valence-corrected chi connectivity index (χ4v) is 5.25. The van der Waals surface area contributed by atoms with Crippen LogP contribution >= 0.6 is 38.9 Å². The summed E-state index contributed by atoms with van der Waals surface area (Å²) < 4.78 is 27.8. The average Bonchev–Trinajstić information content (AvgIpc) is 2.69. The first-order valence-corrected chi connectivity index (χ1v) is 8.79. The van der Waals surface area contributed by atoms with Crippen LogP contribution in [0.25, 0.3) is 0 Å². The predicted octanol–water partition coefficient (Wildman–Crippen LogP) is 4.14. The third kappa shape index (κ3) is 3.15. The van der Waals surface area contributed by atoms with Crippen LogP contribution in [-0.4, -0.2) is 8.42 Å². The summed E-state index contributed by atoms with van der Waals surface area (Å²) in [6.07, 6.45) is 0. The molecular weight excluding hydrogens is 384 g/mol. The number of nitrogens with one attached hydrogen (secondary N) is 1. The zero-order valence-corrected chi connectivity index (χ0v) is 14.1. The van der Waals surface area contributed by atoms with Crippen molar-refractivity contribution in [3.8, 4) is 6.07 Å². The lowest BCUT2D eigenvalue weighted by Crippen LogP contribution is -2.14. The molecule has 0 unspecified atom stereocenters. The minimum Gasteiger partial charge on any atom is -0.278 e. The molecule has 0 atom stereocenters. The maximum absolute atomic E-state index is 12.3. The lowest BCUT2D eigenvalue weighted by Gasteiger charge is -2.09. The van der Waals surface area contributed by atoms with Gasteiger partial charge >= 0.3 is 0 Å². The molecule has 1 heterocycles. The standard InChI is InChI=1S/C12H8BrClN2O2S2/c1-7-11(5-12(13)19-7)20(17,18)16-10-4-9(14)3-2-8(10)6-15/h2-5,16H,1H3. The number of aryl methyl sites for hydroxylation is 1. The smallest absolute Gasteiger partial charge is 0.263 e. The first-order valence-electron chi connectivity index (χ1n) is 5.32. The number of rotatable bonds is 3. The molecule has 0 radical (unpaired) electrons. The van der Waals surface area contributed by atoms with Gasteiger partial charge in [-0.2, -0.15) is 5.26 Å². The van der Waals surface area contributed by atoms with Crippen LogP contribution in [0.2, 0.25) is 5.02 Å². The van der Waals surface area contributed by atoms with Crippen LogP contribution in [0.5, 0.6) is 0 Å². The van der Waals surface area contributed by atoms with Gasteiger partial charge in [0.2, 0.25) is 0 Å². The number of sulfonamides is 1. The minimum atomic E-state index is -3.75. The highest BCUT2D eigenvalue weighted by atomic mass is 79.9. The van der Waals surface area contributed by atoms with Gasteiger partial charge in [0.05, 0.1) is 15.0 Å². The van der Waals surface area contributed by atoms with Crippen LogP contribution < -0.4 is 4.72 Å². The second kappa shape index (κ2) is 5.74. The predicted molar refractivity (Wildman–Crippen MR) is 83.7 cm³/mol. The Hall–Kier alpha value is -1.07. The molecule has 8 heteroatoms. The van der Waals surface area contributed by atoms with Crippen LogP contribution in [-0.2, 0) is 10.0 Å². The lowest BCUT2D eigenvalue weighted by atomic mass is 10.2. The molecule has 20 heavy (non-hydrogen) atoms. The summed E-state index contributed by atoms with van der Waals surface area (Å²) >= 11 is 10.4. The van der Waals surface area contributed by atoms with Gasteiger partial charge in [0.1, 0.15) is 11.0 Å². The molecule has 0 spiro atoms. The first-order chi connectivity index (χ1) is 9.33. The summed E-state index contributed by atoms with van der Waals surface area (Å²) in [5, 5.41) is 9.35. The minimum absolute atomic E-state index is 0.168. The maximum atomic E-state index is 12.3. The van der Waals surface area contributed by atoms with Crippen molar-refractivity contribution >= 4 is 54.6 Å². The van der Waals surface area contributed by atoms with Gasteiger partial charge in [-0.3, -0.25) is 4.72 Å². The molecule has 0 fully saturated rings. The Labute approximate surface area is 134 Å². The third-order valence-electron chi connectivity index (χ3n) is 2.48. The first kappa shape index (κ1) is 15.3.